The molecule has 0 radical (unpaired) electrons. The average Bonchev–Trinajstić information content (AvgIpc) is 2.67. The maximum Gasteiger partial charge on any atom is 0.199 e. The molecule has 76 valence electrons. The molecule has 0 aliphatic heterocycles. The summed E-state index contributed by atoms with van der Waals surface area (Å²) in [5.74, 6) is 0.347. The Bertz CT molecular complexity index is 393. The summed E-state index contributed by atoms with van der Waals surface area (Å²) < 4.78 is 1.63. The third-order valence-corrected chi connectivity index (χ3v) is 1.68. The maximum atomic E-state index is 4.14. The molecule has 0 fully saturated rings. The van der Waals surface area contributed by atoms with Crippen molar-refractivity contribution in [3.05, 3.63) is 18.3 Å². The van der Waals surface area contributed by atoms with E-state index in [1.165, 1.54) is 6.33 Å². The van der Waals surface area contributed by atoms with Crippen LogP contribution < -0.4 is 0 Å². The van der Waals surface area contributed by atoms with E-state index in [2.05, 4.69) is 34.1 Å². The number of rotatable bonds is 1. The van der Waals surface area contributed by atoms with E-state index in [1.807, 2.05) is 13.8 Å². The number of fused-ring (bicyclic) bond motifs is 1. The average molecular weight is 193 g/mol. The van der Waals surface area contributed by atoms with Gasteiger partial charge in [-0.05, 0) is 5.92 Å². The number of aromatic nitrogens is 5. The van der Waals surface area contributed by atoms with Gasteiger partial charge in [0, 0.05) is 0 Å². The van der Waals surface area contributed by atoms with Gasteiger partial charge in [-0.1, -0.05) is 27.7 Å². The number of nitrogens with zero attached hydrogens (tertiary/aromatic N) is 5. The van der Waals surface area contributed by atoms with Gasteiger partial charge >= 0.3 is 0 Å². The smallest absolute Gasteiger partial charge is 0.199 e. The second kappa shape index (κ2) is 4.64. The van der Waals surface area contributed by atoms with Crippen LogP contribution in [0.3, 0.4) is 0 Å². The van der Waals surface area contributed by atoms with E-state index < -0.39 is 0 Å². The Balaban J connectivity index is 0.000000461. The van der Waals surface area contributed by atoms with Gasteiger partial charge in [-0.3, -0.25) is 0 Å². The largest absolute Gasteiger partial charge is 0.235 e. The fraction of sp³-hybridized carbons (Fsp3) is 0.556. The van der Waals surface area contributed by atoms with Crippen molar-refractivity contribution in [3.8, 4) is 0 Å². The fourth-order valence-electron chi connectivity index (χ4n) is 1.09. The zero-order valence-electron chi connectivity index (χ0n) is 8.97. The molecule has 0 aliphatic rings. The van der Waals surface area contributed by atoms with Crippen molar-refractivity contribution in [2.24, 2.45) is 0 Å². The molecule has 0 unspecified atom stereocenters. The summed E-state index contributed by atoms with van der Waals surface area (Å²) in [6, 6.07) is 0. The lowest BCUT2D eigenvalue weighted by Crippen LogP contribution is -2.00. The Kier molecular flexibility index (Phi) is 3.50. The Hall–Kier alpha value is -1.52. The van der Waals surface area contributed by atoms with Gasteiger partial charge in [0.15, 0.2) is 5.65 Å². The number of hydrogen-bond acceptors (Lipinski definition) is 4. The predicted octanol–water partition coefficient (Wildman–Crippen LogP) is 1.67. The highest BCUT2D eigenvalue weighted by Gasteiger charge is 2.08. The normalized spacial score (nSPS) is 10.1. The summed E-state index contributed by atoms with van der Waals surface area (Å²) in [7, 11) is 0. The summed E-state index contributed by atoms with van der Waals surface area (Å²) in [5, 5.41) is 11.6. The van der Waals surface area contributed by atoms with Crippen molar-refractivity contribution in [1.29, 1.82) is 0 Å². The summed E-state index contributed by atoms with van der Waals surface area (Å²) >= 11 is 0. The summed E-state index contributed by atoms with van der Waals surface area (Å²) in [5.41, 5.74) is 1.68. The van der Waals surface area contributed by atoms with Crippen LogP contribution >= 0.6 is 0 Å². The van der Waals surface area contributed by atoms with Crippen LogP contribution in [0.1, 0.15) is 39.3 Å². The van der Waals surface area contributed by atoms with Gasteiger partial charge in [0.2, 0.25) is 0 Å². The lowest BCUT2D eigenvalue weighted by molar-refractivity contribution is 0.780. The fourth-order valence-corrected chi connectivity index (χ4v) is 1.09. The second-order valence-electron chi connectivity index (χ2n) is 2.90. The molecule has 0 saturated carbocycles. The first-order valence-corrected chi connectivity index (χ1v) is 4.80. The zero-order chi connectivity index (χ0) is 10.6. The highest BCUT2D eigenvalue weighted by atomic mass is 15.4. The maximum absolute atomic E-state index is 4.14. The van der Waals surface area contributed by atoms with Gasteiger partial charge in [0.25, 0.3) is 0 Å². The zero-order valence-corrected chi connectivity index (χ0v) is 8.97. The van der Waals surface area contributed by atoms with E-state index >= 15 is 0 Å². The molecule has 5 nitrogen and oxygen atoms in total. The summed E-state index contributed by atoms with van der Waals surface area (Å²) in [6.07, 6.45) is 3.09. The van der Waals surface area contributed by atoms with Crippen molar-refractivity contribution in [3.63, 3.8) is 0 Å². The van der Waals surface area contributed by atoms with Crippen LogP contribution in [0.5, 0.6) is 0 Å². The van der Waals surface area contributed by atoms with Crippen LogP contribution in [0, 0.1) is 0 Å². The first-order valence-electron chi connectivity index (χ1n) is 4.80. The molecule has 14 heavy (non-hydrogen) atoms. The molecule has 0 aromatic carbocycles. The Morgan fingerprint density at radius 1 is 1.29 bits per heavy atom. The van der Waals surface area contributed by atoms with Crippen LogP contribution in [0.15, 0.2) is 12.7 Å². The molecule has 0 saturated heterocycles. The first kappa shape index (κ1) is 10.6. The van der Waals surface area contributed by atoms with E-state index in [-0.39, 0.29) is 0 Å². The minimum absolute atomic E-state index is 0.347. The van der Waals surface area contributed by atoms with Gasteiger partial charge in [-0.15, -0.1) is 10.2 Å². The molecule has 0 aliphatic carbocycles. The van der Waals surface area contributed by atoms with Crippen LogP contribution in [0.2, 0.25) is 0 Å². The Morgan fingerprint density at radius 2 is 2.00 bits per heavy atom. The monoisotopic (exact) mass is 193 g/mol. The highest BCUT2D eigenvalue weighted by Crippen LogP contribution is 2.13. The van der Waals surface area contributed by atoms with Crippen molar-refractivity contribution in [2.75, 3.05) is 0 Å². The van der Waals surface area contributed by atoms with Crippen LogP contribution in [0.25, 0.3) is 5.65 Å². The van der Waals surface area contributed by atoms with E-state index in [0.717, 1.165) is 11.3 Å². The third-order valence-electron chi connectivity index (χ3n) is 1.68. The van der Waals surface area contributed by atoms with Crippen molar-refractivity contribution in [1.82, 2.24) is 24.8 Å². The Morgan fingerprint density at radius 3 is 2.64 bits per heavy atom. The molecule has 0 amide bonds. The quantitative estimate of drug-likeness (QED) is 0.691. The molecule has 2 aromatic heterocycles. The predicted molar refractivity (Wildman–Crippen MR) is 54.0 cm³/mol. The van der Waals surface area contributed by atoms with E-state index in [9.17, 15) is 0 Å². The molecule has 0 spiro atoms. The van der Waals surface area contributed by atoms with Gasteiger partial charge in [-0.25, -0.2) is 4.98 Å². The van der Waals surface area contributed by atoms with Crippen molar-refractivity contribution in [2.45, 2.75) is 33.6 Å². The third kappa shape index (κ3) is 1.86. The summed E-state index contributed by atoms with van der Waals surface area (Å²) in [6.45, 7) is 8.13. The standard InChI is InChI=1S/C7H9N5.C2H6/c1-5(2)6-7-11-9-4-12(7)10-3-8-6;1-2/h3-5H,1-2H3;1-2H3. The van der Waals surface area contributed by atoms with Crippen LogP contribution in [0.4, 0.5) is 0 Å². The lowest BCUT2D eigenvalue weighted by atomic mass is 10.1. The van der Waals surface area contributed by atoms with Crippen molar-refractivity contribution >= 4 is 5.65 Å². The molecule has 2 heterocycles. The van der Waals surface area contributed by atoms with Gasteiger partial charge in [0.1, 0.15) is 12.7 Å². The molecular formula is C9H15N5. The molecule has 2 rings (SSSR count). The SMILES string of the molecule is CC.CC(C)c1ncnn2cnnc12. The molecule has 5 heteroatoms. The molecule has 0 N–H and O–H groups in total. The van der Waals surface area contributed by atoms with E-state index in [1.54, 1.807) is 10.8 Å². The molecular weight excluding hydrogens is 178 g/mol. The molecule has 2 aromatic rings. The van der Waals surface area contributed by atoms with E-state index in [0.29, 0.717) is 5.92 Å². The molecule has 0 bridgehead atoms. The topological polar surface area (TPSA) is 56.0 Å². The second-order valence-corrected chi connectivity index (χ2v) is 2.90. The van der Waals surface area contributed by atoms with E-state index in [4.69, 9.17) is 0 Å². The van der Waals surface area contributed by atoms with Gasteiger partial charge in [0.05, 0.1) is 5.69 Å². The minimum Gasteiger partial charge on any atom is -0.235 e. The summed E-state index contributed by atoms with van der Waals surface area (Å²) in [4.78, 5) is 4.14. The minimum atomic E-state index is 0.347. The van der Waals surface area contributed by atoms with Gasteiger partial charge < -0.3 is 0 Å². The molecule has 0 atom stereocenters. The number of hydrogen-bond donors (Lipinski definition) is 0. The van der Waals surface area contributed by atoms with Crippen molar-refractivity contribution < 1.29 is 0 Å². The first-order chi connectivity index (χ1) is 6.79. The van der Waals surface area contributed by atoms with Crippen LogP contribution in [-0.2, 0) is 0 Å². The highest BCUT2D eigenvalue weighted by molar-refractivity contribution is 5.41. The van der Waals surface area contributed by atoms with Crippen LogP contribution in [-0.4, -0.2) is 24.8 Å². The van der Waals surface area contributed by atoms with Gasteiger partial charge in [-0.2, -0.15) is 9.61 Å². The Labute approximate surface area is 83.2 Å². The lowest BCUT2D eigenvalue weighted by Gasteiger charge is -2.02.